The molecule has 21 heavy (non-hydrogen) atoms. The first-order valence-corrected chi connectivity index (χ1v) is 9.81. The first kappa shape index (κ1) is 18.2. The lowest BCUT2D eigenvalue weighted by molar-refractivity contribution is 0.511. The van der Waals surface area contributed by atoms with Crippen LogP contribution >= 0.6 is 0 Å². The lowest BCUT2D eigenvalue weighted by Crippen LogP contribution is -2.22. The SMILES string of the molecule is CCCNC(CC)c1c(C)nn(CCCS(C)(=O)=O)c1C. The first-order chi connectivity index (χ1) is 9.80. The van der Waals surface area contributed by atoms with E-state index in [1.165, 1.54) is 11.8 Å². The highest BCUT2D eigenvalue weighted by Gasteiger charge is 2.19. The first-order valence-electron chi connectivity index (χ1n) is 7.75. The molecule has 1 unspecified atom stereocenters. The highest BCUT2D eigenvalue weighted by molar-refractivity contribution is 7.90. The van der Waals surface area contributed by atoms with Crippen molar-refractivity contribution in [1.29, 1.82) is 0 Å². The molecule has 0 aliphatic rings. The number of nitrogens with one attached hydrogen (secondary N) is 1. The molecule has 1 N–H and O–H groups in total. The van der Waals surface area contributed by atoms with Crippen molar-refractivity contribution in [3.63, 3.8) is 0 Å². The van der Waals surface area contributed by atoms with Crippen LogP contribution in [0.3, 0.4) is 0 Å². The van der Waals surface area contributed by atoms with E-state index >= 15 is 0 Å². The zero-order valence-electron chi connectivity index (χ0n) is 13.9. The van der Waals surface area contributed by atoms with E-state index in [1.54, 1.807) is 0 Å². The van der Waals surface area contributed by atoms with Crippen LogP contribution in [0.1, 0.15) is 56.1 Å². The fourth-order valence-electron chi connectivity index (χ4n) is 2.68. The third kappa shape index (κ3) is 5.43. The summed E-state index contributed by atoms with van der Waals surface area (Å²) in [6.45, 7) is 10.1. The van der Waals surface area contributed by atoms with Crippen LogP contribution in [-0.2, 0) is 16.4 Å². The Morgan fingerprint density at radius 3 is 2.48 bits per heavy atom. The van der Waals surface area contributed by atoms with Crippen LogP contribution in [-0.4, -0.2) is 36.8 Å². The molecule has 5 nitrogen and oxygen atoms in total. The van der Waals surface area contributed by atoms with Crippen LogP contribution < -0.4 is 5.32 Å². The Labute approximate surface area is 129 Å². The molecule has 0 amide bonds. The third-order valence-electron chi connectivity index (χ3n) is 3.72. The van der Waals surface area contributed by atoms with Crippen molar-refractivity contribution in [2.24, 2.45) is 0 Å². The van der Waals surface area contributed by atoms with E-state index < -0.39 is 9.84 Å². The number of hydrogen-bond acceptors (Lipinski definition) is 4. The van der Waals surface area contributed by atoms with Gasteiger partial charge in [0.2, 0.25) is 0 Å². The molecule has 0 radical (unpaired) electrons. The summed E-state index contributed by atoms with van der Waals surface area (Å²) >= 11 is 0. The zero-order valence-corrected chi connectivity index (χ0v) is 14.8. The minimum absolute atomic E-state index is 0.214. The smallest absolute Gasteiger partial charge is 0.147 e. The van der Waals surface area contributed by atoms with Crippen LogP contribution in [0.15, 0.2) is 0 Å². The second kappa shape index (κ2) is 7.94. The van der Waals surface area contributed by atoms with Crippen molar-refractivity contribution in [3.8, 4) is 0 Å². The Balaban J connectivity index is 2.83. The number of hydrogen-bond donors (Lipinski definition) is 1. The molecular weight excluding hydrogens is 286 g/mol. The van der Waals surface area contributed by atoms with Crippen molar-refractivity contribution in [1.82, 2.24) is 15.1 Å². The van der Waals surface area contributed by atoms with E-state index in [-0.39, 0.29) is 5.75 Å². The van der Waals surface area contributed by atoms with E-state index in [0.29, 0.717) is 19.0 Å². The standard InChI is InChI=1S/C15H29N3O2S/c1-6-9-16-14(7-2)15-12(3)17-18(13(15)4)10-8-11-21(5,19)20/h14,16H,6-11H2,1-5H3. The van der Waals surface area contributed by atoms with E-state index in [9.17, 15) is 8.42 Å². The normalized spacial score (nSPS) is 13.6. The van der Waals surface area contributed by atoms with Crippen molar-refractivity contribution in [2.75, 3.05) is 18.6 Å². The van der Waals surface area contributed by atoms with Gasteiger partial charge in [-0.2, -0.15) is 5.10 Å². The Kier molecular flexibility index (Phi) is 6.87. The molecule has 6 heteroatoms. The monoisotopic (exact) mass is 315 g/mol. The van der Waals surface area contributed by atoms with Crippen LogP contribution in [0.2, 0.25) is 0 Å². The van der Waals surface area contributed by atoms with E-state index in [4.69, 9.17) is 0 Å². The van der Waals surface area contributed by atoms with Gasteiger partial charge in [0.05, 0.1) is 11.4 Å². The minimum atomic E-state index is -2.90. The molecule has 0 spiro atoms. The average molecular weight is 315 g/mol. The summed E-state index contributed by atoms with van der Waals surface area (Å²) in [6.07, 6.45) is 4.02. The molecule has 0 aliphatic carbocycles. The summed E-state index contributed by atoms with van der Waals surface area (Å²) in [4.78, 5) is 0. The van der Waals surface area contributed by atoms with E-state index in [1.807, 2.05) is 11.6 Å². The van der Waals surface area contributed by atoms with Crippen LogP contribution in [0.4, 0.5) is 0 Å². The zero-order chi connectivity index (χ0) is 16.0. The second-order valence-electron chi connectivity index (χ2n) is 5.71. The topological polar surface area (TPSA) is 64.0 Å². The Bertz CT molecular complexity index is 550. The van der Waals surface area contributed by atoms with Gasteiger partial charge < -0.3 is 5.32 Å². The molecule has 0 aliphatic heterocycles. The molecule has 1 heterocycles. The van der Waals surface area contributed by atoms with Crippen molar-refractivity contribution in [3.05, 3.63) is 17.0 Å². The highest BCUT2D eigenvalue weighted by Crippen LogP contribution is 2.24. The highest BCUT2D eigenvalue weighted by atomic mass is 32.2. The molecular formula is C15H29N3O2S. The molecule has 1 rings (SSSR count). The van der Waals surface area contributed by atoms with Crippen molar-refractivity contribution < 1.29 is 8.42 Å². The Hall–Kier alpha value is -0.880. The molecule has 1 aromatic rings. The number of rotatable bonds is 9. The average Bonchev–Trinajstić information content (AvgIpc) is 2.66. The van der Waals surface area contributed by atoms with Gasteiger partial charge in [0.15, 0.2) is 0 Å². The molecule has 122 valence electrons. The predicted octanol–water partition coefficient (Wildman–Crippen LogP) is 2.39. The predicted molar refractivity (Wildman–Crippen MR) is 87.4 cm³/mol. The lowest BCUT2D eigenvalue weighted by atomic mass is 10.0. The Morgan fingerprint density at radius 2 is 1.95 bits per heavy atom. The molecule has 0 aromatic carbocycles. The molecule has 0 saturated heterocycles. The molecule has 1 atom stereocenters. The van der Waals surface area contributed by atoms with Gasteiger partial charge in [-0.3, -0.25) is 4.68 Å². The third-order valence-corrected chi connectivity index (χ3v) is 4.75. The maximum absolute atomic E-state index is 11.2. The number of nitrogens with zero attached hydrogens (tertiary/aromatic N) is 2. The molecule has 0 fully saturated rings. The molecule has 1 aromatic heterocycles. The molecule has 0 saturated carbocycles. The van der Waals surface area contributed by atoms with Crippen LogP contribution in [0, 0.1) is 13.8 Å². The van der Waals surface area contributed by atoms with Crippen molar-refractivity contribution >= 4 is 9.84 Å². The van der Waals surface area contributed by atoms with Crippen LogP contribution in [0.5, 0.6) is 0 Å². The fraction of sp³-hybridized carbons (Fsp3) is 0.800. The van der Waals surface area contributed by atoms with Gasteiger partial charge in [-0.15, -0.1) is 0 Å². The molecule has 0 bridgehead atoms. The van der Waals surface area contributed by atoms with Gasteiger partial charge in [0.25, 0.3) is 0 Å². The van der Waals surface area contributed by atoms with Crippen molar-refractivity contribution in [2.45, 2.75) is 59.5 Å². The maximum Gasteiger partial charge on any atom is 0.147 e. The fourth-order valence-corrected chi connectivity index (χ4v) is 3.33. The number of sulfone groups is 1. The van der Waals surface area contributed by atoms with Gasteiger partial charge in [0, 0.05) is 30.1 Å². The van der Waals surface area contributed by atoms with Gasteiger partial charge in [-0.05, 0) is 39.7 Å². The summed E-state index contributed by atoms with van der Waals surface area (Å²) in [6, 6.07) is 0.327. The lowest BCUT2D eigenvalue weighted by Gasteiger charge is -2.17. The number of aryl methyl sites for hydroxylation is 2. The van der Waals surface area contributed by atoms with Gasteiger partial charge >= 0.3 is 0 Å². The Morgan fingerprint density at radius 1 is 1.29 bits per heavy atom. The number of aromatic nitrogens is 2. The second-order valence-corrected chi connectivity index (χ2v) is 7.97. The van der Waals surface area contributed by atoms with E-state index in [2.05, 4.69) is 31.2 Å². The summed E-state index contributed by atoms with van der Waals surface area (Å²) < 4.78 is 24.4. The van der Waals surface area contributed by atoms with Gasteiger partial charge in [0.1, 0.15) is 9.84 Å². The summed E-state index contributed by atoms with van der Waals surface area (Å²) in [5.74, 6) is 0.214. The summed E-state index contributed by atoms with van der Waals surface area (Å²) in [5, 5.41) is 8.15. The minimum Gasteiger partial charge on any atom is -0.310 e. The quantitative estimate of drug-likeness (QED) is 0.760. The summed E-state index contributed by atoms with van der Waals surface area (Å²) in [5.41, 5.74) is 3.46. The van der Waals surface area contributed by atoms with Gasteiger partial charge in [-0.1, -0.05) is 13.8 Å². The van der Waals surface area contributed by atoms with E-state index in [0.717, 1.165) is 30.8 Å². The maximum atomic E-state index is 11.2. The summed E-state index contributed by atoms with van der Waals surface area (Å²) in [7, 11) is -2.90. The van der Waals surface area contributed by atoms with Crippen LogP contribution in [0.25, 0.3) is 0 Å². The largest absolute Gasteiger partial charge is 0.310 e. The van der Waals surface area contributed by atoms with Gasteiger partial charge in [-0.25, -0.2) is 8.42 Å².